The van der Waals surface area contributed by atoms with Crippen molar-refractivity contribution < 1.29 is 23.5 Å². The Hall–Kier alpha value is -2.72. The largest absolute Gasteiger partial charge is 0.422 e. The fourth-order valence-corrected chi connectivity index (χ4v) is 4.08. The van der Waals surface area contributed by atoms with Crippen LogP contribution in [0.5, 0.6) is 5.75 Å². The Kier molecular flexibility index (Phi) is 6.33. The van der Waals surface area contributed by atoms with E-state index >= 15 is 0 Å². The third kappa shape index (κ3) is 5.01. The molecule has 2 amide bonds. The smallest absolute Gasteiger partial charge is 0.343 e. The zero-order valence-corrected chi connectivity index (χ0v) is 17.7. The summed E-state index contributed by atoms with van der Waals surface area (Å²) in [5.74, 6) is -1.38. The molecule has 3 rings (SSSR count). The monoisotopic (exact) mass is 479 g/mol. The van der Waals surface area contributed by atoms with Gasteiger partial charge in [0.05, 0.1) is 10.0 Å². The van der Waals surface area contributed by atoms with E-state index in [-0.39, 0.29) is 23.1 Å². The van der Waals surface area contributed by atoms with Gasteiger partial charge >= 0.3 is 5.97 Å². The van der Waals surface area contributed by atoms with Crippen molar-refractivity contribution in [3.63, 3.8) is 0 Å². The summed E-state index contributed by atoms with van der Waals surface area (Å²) in [6.45, 7) is 2.73. The Morgan fingerprint density at radius 2 is 1.86 bits per heavy atom. The molecule has 7 nitrogen and oxygen atoms in total. The number of carbonyl (C=O) groups is 3. The summed E-state index contributed by atoms with van der Waals surface area (Å²) in [5.41, 5.74) is 0.924. The lowest BCUT2D eigenvalue weighted by molar-refractivity contribution is -0.129. The van der Waals surface area contributed by atoms with E-state index in [1.807, 2.05) is 0 Å². The van der Waals surface area contributed by atoms with Crippen molar-refractivity contribution in [3.8, 4) is 5.75 Å². The van der Waals surface area contributed by atoms with Gasteiger partial charge in [0.25, 0.3) is 0 Å². The number of thioether (sulfide) groups is 1. The van der Waals surface area contributed by atoms with E-state index < -0.39 is 17.2 Å². The van der Waals surface area contributed by atoms with Gasteiger partial charge in [0.2, 0.25) is 11.8 Å². The first-order valence-electron chi connectivity index (χ1n) is 8.34. The average molecular weight is 480 g/mol. The summed E-state index contributed by atoms with van der Waals surface area (Å²) in [4.78, 5) is 35.4. The maximum absolute atomic E-state index is 13.0. The van der Waals surface area contributed by atoms with Crippen molar-refractivity contribution in [1.82, 2.24) is 10.3 Å². The number of benzene rings is 2. The van der Waals surface area contributed by atoms with Crippen LogP contribution in [0.25, 0.3) is 0 Å². The molecule has 0 saturated heterocycles. The van der Waals surface area contributed by atoms with Crippen LogP contribution in [0.15, 0.2) is 52.0 Å². The summed E-state index contributed by atoms with van der Waals surface area (Å²) < 4.78 is 18.8. The van der Waals surface area contributed by atoms with Gasteiger partial charge < -0.3 is 10.1 Å². The summed E-state index contributed by atoms with van der Waals surface area (Å²) >= 11 is 4.58. The van der Waals surface area contributed by atoms with Crippen LogP contribution in [0.1, 0.15) is 35.1 Å². The number of esters is 1. The van der Waals surface area contributed by atoms with Crippen molar-refractivity contribution in [3.05, 3.63) is 63.9 Å². The van der Waals surface area contributed by atoms with Crippen LogP contribution in [-0.2, 0) is 9.59 Å². The van der Waals surface area contributed by atoms with Crippen molar-refractivity contribution in [1.29, 1.82) is 0 Å². The van der Waals surface area contributed by atoms with E-state index in [0.717, 1.165) is 0 Å². The summed E-state index contributed by atoms with van der Waals surface area (Å²) in [6, 6.07) is 9.99. The van der Waals surface area contributed by atoms with Gasteiger partial charge in [-0.1, -0.05) is 17.8 Å². The molecule has 0 aromatic heterocycles. The van der Waals surface area contributed by atoms with E-state index in [0.29, 0.717) is 15.2 Å². The molecule has 10 heteroatoms. The number of hydrogen-bond donors (Lipinski definition) is 1. The quantitative estimate of drug-likeness (QED) is 0.534. The van der Waals surface area contributed by atoms with Crippen LogP contribution < -0.4 is 10.1 Å². The van der Waals surface area contributed by atoms with Gasteiger partial charge in [-0.05, 0) is 57.9 Å². The second-order valence-electron chi connectivity index (χ2n) is 6.01. The predicted octanol–water partition coefficient (Wildman–Crippen LogP) is 3.81. The first kappa shape index (κ1) is 21.0. The fourth-order valence-electron chi connectivity index (χ4n) is 2.48. The molecule has 1 aliphatic rings. The number of nitrogens with one attached hydrogen (secondary N) is 1. The van der Waals surface area contributed by atoms with Gasteiger partial charge in [0, 0.05) is 13.8 Å². The molecule has 2 aromatic rings. The number of ether oxygens (including phenoxy) is 1. The number of hydrogen-bond acceptors (Lipinski definition) is 6. The molecule has 0 unspecified atom stereocenters. The first-order valence-corrected chi connectivity index (χ1v) is 10.0. The van der Waals surface area contributed by atoms with E-state index in [1.54, 1.807) is 18.2 Å². The second kappa shape index (κ2) is 8.75. The molecule has 0 fully saturated rings. The summed E-state index contributed by atoms with van der Waals surface area (Å²) in [7, 11) is 0. The lowest BCUT2D eigenvalue weighted by atomic mass is 10.2. The van der Waals surface area contributed by atoms with E-state index in [4.69, 9.17) is 4.74 Å². The Bertz CT molecular complexity index is 1010. The molecule has 0 spiro atoms. The molecule has 1 heterocycles. The number of rotatable bonds is 3. The lowest BCUT2D eigenvalue weighted by Gasteiger charge is -2.20. The minimum Gasteiger partial charge on any atom is -0.422 e. The molecular weight excluding hydrogens is 465 g/mol. The molecule has 29 heavy (non-hydrogen) atoms. The zero-order chi connectivity index (χ0) is 21.1. The average Bonchev–Trinajstić information content (AvgIpc) is 3.07. The second-order valence-corrected chi connectivity index (χ2v) is 7.93. The lowest BCUT2D eigenvalue weighted by Crippen LogP contribution is -2.25. The number of amidine groups is 1. The number of carbonyl (C=O) groups excluding carboxylic acids is 3. The van der Waals surface area contributed by atoms with Gasteiger partial charge in [-0.15, -0.1) is 5.10 Å². The van der Waals surface area contributed by atoms with Crippen LogP contribution in [0.3, 0.4) is 0 Å². The topological polar surface area (TPSA) is 88.1 Å². The molecule has 0 radical (unpaired) electrons. The Balaban J connectivity index is 1.78. The van der Waals surface area contributed by atoms with Crippen molar-refractivity contribution in [2.45, 2.75) is 19.2 Å². The number of halogens is 2. The molecule has 150 valence electrons. The molecule has 1 N–H and O–H groups in total. The Labute approximate surface area is 178 Å². The normalized spacial score (nSPS) is 15.7. The number of hydrazone groups is 1. The Morgan fingerprint density at radius 3 is 2.45 bits per heavy atom. The van der Waals surface area contributed by atoms with Crippen molar-refractivity contribution in [2.24, 2.45) is 5.10 Å². The highest BCUT2D eigenvalue weighted by Crippen LogP contribution is 2.41. The highest BCUT2D eigenvalue weighted by Gasteiger charge is 2.32. The third-order valence-corrected chi connectivity index (χ3v) is 5.50. The zero-order valence-electron chi connectivity index (χ0n) is 15.3. The standard InChI is InChI=1S/C19H15BrFN3O4S/c1-10(25)22-19-23-24(11(2)26)17(29-19)13-5-8-16(15(20)9-13)28-18(27)12-3-6-14(21)7-4-12/h3-9,17H,1-2H3,(H,22,23,25)/t17-/m1/s1. The number of nitrogens with zero attached hydrogens (tertiary/aromatic N) is 2. The molecule has 0 saturated carbocycles. The van der Waals surface area contributed by atoms with Gasteiger partial charge in [0.1, 0.15) is 16.9 Å². The van der Waals surface area contributed by atoms with Crippen molar-refractivity contribution in [2.75, 3.05) is 0 Å². The van der Waals surface area contributed by atoms with Gasteiger partial charge in [-0.2, -0.15) is 0 Å². The molecule has 0 aliphatic carbocycles. The SMILES string of the molecule is CC(=O)NC1=NN(C(C)=O)[C@@H](c2ccc(OC(=O)c3ccc(F)cc3)c(Br)c2)S1. The van der Waals surface area contributed by atoms with Crippen molar-refractivity contribution >= 4 is 50.6 Å². The minimum atomic E-state index is -0.629. The summed E-state index contributed by atoms with van der Waals surface area (Å²) in [6.07, 6.45) is 0. The van der Waals surface area contributed by atoms with Crippen LogP contribution in [0.4, 0.5) is 4.39 Å². The molecule has 1 aliphatic heterocycles. The highest BCUT2D eigenvalue weighted by molar-refractivity contribution is 9.10. The maximum atomic E-state index is 13.0. The summed E-state index contributed by atoms with van der Waals surface area (Å²) in [5, 5.41) is 7.81. The molecular formula is C19H15BrFN3O4S. The maximum Gasteiger partial charge on any atom is 0.343 e. The fraction of sp³-hybridized carbons (Fsp3) is 0.158. The minimum absolute atomic E-state index is 0.213. The van der Waals surface area contributed by atoms with Gasteiger partial charge in [0.15, 0.2) is 5.17 Å². The molecule has 1 atom stereocenters. The molecule has 2 aromatic carbocycles. The highest BCUT2D eigenvalue weighted by atomic mass is 79.9. The number of amides is 2. The van der Waals surface area contributed by atoms with Crippen LogP contribution in [-0.4, -0.2) is 28.0 Å². The van der Waals surface area contributed by atoms with E-state index in [1.165, 1.54) is 54.9 Å². The molecule has 0 bridgehead atoms. The van der Waals surface area contributed by atoms with Gasteiger partial charge in [-0.3, -0.25) is 9.59 Å². The van der Waals surface area contributed by atoms with E-state index in [9.17, 15) is 18.8 Å². The van der Waals surface area contributed by atoms with Crippen LogP contribution >= 0.6 is 27.7 Å². The van der Waals surface area contributed by atoms with Crippen LogP contribution in [0.2, 0.25) is 0 Å². The predicted molar refractivity (Wildman–Crippen MR) is 110 cm³/mol. The third-order valence-electron chi connectivity index (χ3n) is 3.77. The van der Waals surface area contributed by atoms with Gasteiger partial charge in [-0.25, -0.2) is 14.2 Å². The van der Waals surface area contributed by atoms with E-state index in [2.05, 4.69) is 26.3 Å². The first-order chi connectivity index (χ1) is 13.7. The Morgan fingerprint density at radius 1 is 1.17 bits per heavy atom. The van der Waals surface area contributed by atoms with Crippen LogP contribution in [0, 0.1) is 5.82 Å².